The van der Waals surface area contributed by atoms with Crippen LogP contribution in [-0.4, -0.2) is 77.0 Å². The van der Waals surface area contributed by atoms with Crippen LogP contribution in [0.25, 0.3) is 0 Å². The van der Waals surface area contributed by atoms with Crippen LogP contribution in [0.2, 0.25) is 0 Å². The fourth-order valence-electron chi connectivity index (χ4n) is 4.31. The Morgan fingerprint density at radius 2 is 1.44 bits per heavy atom. The van der Waals surface area contributed by atoms with Gasteiger partial charge in [0.2, 0.25) is 0 Å². The average Bonchev–Trinajstić information content (AvgIpc) is 2.91. The summed E-state index contributed by atoms with van der Waals surface area (Å²) in [7, 11) is 0. The first-order valence-corrected chi connectivity index (χ1v) is 12.8. The zero-order valence-electron chi connectivity index (χ0n) is 22.5. The smallest absolute Gasteiger partial charge is 0.336 e. The number of carboxylic acids is 3. The van der Waals surface area contributed by atoms with E-state index in [2.05, 4.69) is 58.2 Å². The van der Waals surface area contributed by atoms with Crippen LogP contribution >= 0.6 is 0 Å². The Morgan fingerprint density at radius 1 is 0.902 bits per heavy atom. The number of aliphatic carboxylic acids is 3. The highest BCUT2D eigenvalue weighted by atomic mass is 16.5. The minimum Gasteiger partial charge on any atom is -0.481 e. The molecule has 0 unspecified atom stereocenters. The SMILES string of the molecule is Cc1ccc(C2(O)CCN(Cc3ccc(Oc4ncccn4)cc3)CC2)cc1.O=C(O)CC(O)(CC(=O)O)C(=O)O. The third-order valence-electron chi connectivity index (χ3n) is 6.64. The van der Waals surface area contributed by atoms with Crippen LogP contribution in [0.4, 0.5) is 0 Å². The Kier molecular flexibility index (Phi) is 10.5. The number of ether oxygens (including phenoxy) is 1. The lowest BCUT2D eigenvalue weighted by Crippen LogP contribution is -2.42. The van der Waals surface area contributed by atoms with Gasteiger partial charge >= 0.3 is 23.9 Å². The van der Waals surface area contributed by atoms with E-state index in [0.29, 0.717) is 6.01 Å². The van der Waals surface area contributed by atoms with E-state index in [0.717, 1.165) is 43.8 Å². The van der Waals surface area contributed by atoms with Crippen molar-refractivity contribution in [2.24, 2.45) is 0 Å². The second-order valence-corrected chi connectivity index (χ2v) is 9.93. The molecule has 41 heavy (non-hydrogen) atoms. The molecule has 1 saturated heterocycles. The van der Waals surface area contributed by atoms with Crippen LogP contribution < -0.4 is 4.74 Å². The van der Waals surface area contributed by atoms with Crippen LogP contribution in [0.15, 0.2) is 67.0 Å². The normalized spacial score (nSPS) is 14.8. The van der Waals surface area contributed by atoms with Gasteiger partial charge in [0.25, 0.3) is 0 Å². The molecular formula is C29H33N3O9. The Balaban J connectivity index is 0.000000302. The number of nitrogens with zero attached hydrogens (tertiary/aromatic N) is 3. The highest BCUT2D eigenvalue weighted by Crippen LogP contribution is 2.33. The van der Waals surface area contributed by atoms with Crippen molar-refractivity contribution in [2.75, 3.05) is 13.1 Å². The molecule has 12 nitrogen and oxygen atoms in total. The van der Waals surface area contributed by atoms with E-state index < -0.39 is 42.0 Å². The van der Waals surface area contributed by atoms with Crippen LogP contribution in [0.1, 0.15) is 42.4 Å². The van der Waals surface area contributed by atoms with Gasteiger partial charge in [0, 0.05) is 32.0 Å². The summed E-state index contributed by atoms with van der Waals surface area (Å²) in [5, 5.41) is 44.8. The second kappa shape index (κ2) is 13.8. The van der Waals surface area contributed by atoms with Gasteiger partial charge in [-0.05, 0) is 49.1 Å². The lowest BCUT2D eigenvalue weighted by atomic mass is 9.84. The number of aromatic nitrogens is 2. The predicted molar refractivity (Wildman–Crippen MR) is 145 cm³/mol. The standard InChI is InChI=1S/C23H25N3O2.C6H8O7/c1-18-3-7-20(8-4-18)23(27)11-15-26(16-12-23)17-19-5-9-21(10-6-19)28-22-24-13-2-14-25-22;7-3(8)1-6(13,5(11)12)2-4(9)10/h2-10,13-14,27H,11-12,15-17H2,1H3;13H,1-2H2,(H,7,8)(H,9,10)(H,11,12). The molecule has 0 aliphatic carbocycles. The zero-order valence-corrected chi connectivity index (χ0v) is 22.5. The third kappa shape index (κ3) is 9.34. The molecule has 0 spiro atoms. The molecule has 0 saturated carbocycles. The number of carboxylic acid groups (broad SMARTS) is 3. The van der Waals surface area contributed by atoms with Gasteiger partial charge in [-0.3, -0.25) is 14.5 Å². The fourth-order valence-corrected chi connectivity index (χ4v) is 4.31. The number of aryl methyl sites for hydroxylation is 1. The molecule has 1 aliphatic heterocycles. The molecule has 4 rings (SSSR count). The molecule has 1 fully saturated rings. The molecule has 0 radical (unpaired) electrons. The van der Waals surface area contributed by atoms with E-state index in [9.17, 15) is 19.5 Å². The summed E-state index contributed by atoms with van der Waals surface area (Å²) >= 11 is 0. The molecule has 1 aliphatic rings. The Morgan fingerprint density at radius 3 is 1.93 bits per heavy atom. The van der Waals surface area contributed by atoms with E-state index in [1.54, 1.807) is 18.5 Å². The maximum absolute atomic E-state index is 11.0. The van der Waals surface area contributed by atoms with Crippen molar-refractivity contribution >= 4 is 17.9 Å². The van der Waals surface area contributed by atoms with E-state index in [-0.39, 0.29) is 0 Å². The van der Waals surface area contributed by atoms with Gasteiger partial charge in [0.15, 0.2) is 5.60 Å². The first-order valence-electron chi connectivity index (χ1n) is 12.8. The summed E-state index contributed by atoms with van der Waals surface area (Å²) < 4.78 is 5.64. The number of carbonyl (C=O) groups is 3. The quantitative estimate of drug-likeness (QED) is 0.241. The molecule has 0 amide bonds. The molecule has 2 heterocycles. The maximum atomic E-state index is 11.0. The first-order chi connectivity index (χ1) is 19.4. The Labute approximate surface area is 236 Å². The van der Waals surface area contributed by atoms with E-state index in [1.165, 1.54) is 11.1 Å². The number of aliphatic hydroxyl groups is 2. The van der Waals surface area contributed by atoms with Crippen molar-refractivity contribution in [3.05, 3.63) is 83.7 Å². The highest BCUT2D eigenvalue weighted by molar-refractivity contribution is 5.88. The zero-order chi connectivity index (χ0) is 30.0. The van der Waals surface area contributed by atoms with Gasteiger partial charge in [-0.15, -0.1) is 0 Å². The number of hydrogen-bond donors (Lipinski definition) is 5. The van der Waals surface area contributed by atoms with Crippen molar-refractivity contribution in [3.63, 3.8) is 0 Å². The lowest BCUT2D eigenvalue weighted by molar-refractivity contribution is -0.170. The molecule has 3 aromatic rings. The van der Waals surface area contributed by atoms with Gasteiger partial charge in [-0.25, -0.2) is 14.8 Å². The number of likely N-dealkylation sites (tertiary alicyclic amines) is 1. The Bertz CT molecular complexity index is 1290. The minimum absolute atomic E-state index is 0.349. The van der Waals surface area contributed by atoms with Crippen LogP contribution in [0, 0.1) is 6.92 Å². The maximum Gasteiger partial charge on any atom is 0.336 e. The van der Waals surface area contributed by atoms with Crippen LogP contribution in [-0.2, 0) is 26.5 Å². The summed E-state index contributed by atoms with van der Waals surface area (Å²) in [6.45, 7) is 4.69. The topological polar surface area (TPSA) is 191 Å². The monoisotopic (exact) mass is 567 g/mol. The number of rotatable bonds is 10. The van der Waals surface area contributed by atoms with Crippen molar-refractivity contribution < 1.29 is 44.7 Å². The molecular weight excluding hydrogens is 534 g/mol. The number of hydrogen-bond acceptors (Lipinski definition) is 9. The summed E-state index contributed by atoms with van der Waals surface area (Å²) in [6, 6.07) is 18.4. The minimum atomic E-state index is -2.74. The summed E-state index contributed by atoms with van der Waals surface area (Å²) in [5.74, 6) is -4.29. The fraction of sp³-hybridized carbons (Fsp3) is 0.345. The van der Waals surface area contributed by atoms with E-state index in [4.69, 9.17) is 25.2 Å². The highest BCUT2D eigenvalue weighted by Gasteiger charge is 2.40. The predicted octanol–water partition coefficient (Wildman–Crippen LogP) is 2.81. The van der Waals surface area contributed by atoms with Crippen molar-refractivity contribution in [3.8, 4) is 11.8 Å². The molecule has 0 atom stereocenters. The van der Waals surface area contributed by atoms with Gasteiger partial charge in [0.1, 0.15) is 5.75 Å². The van der Waals surface area contributed by atoms with E-state index >= 15 is 0 Å². The summed E-state index contributed by atoms with van der Waals surface area (Å²) in [6.07, 6.45) is 2.53. The first kappa shape index (κ1) is 31.1. The van der Waals surface area contributed by atoms with Crippen LogP contribution in [0.5, 0.6) is 11.8 Å². The third-order valence-corrected chi connectivity index (χ3v) is 6.64. The average molecular weight is 568 g/mol. The Hall–Kier alpha value is -4.39. The molecule has 1 aromatic heterocycles. The van der Waals surface area contributed by atoms with Gasteiger partial charge in [-0.2, -0.15) is 0 Å². The number of benzene rings is 2. The van der Waals surface area contributed by atoms with Gasteiger partial charge in [-0.1, -0.05) is 42.0 Å². The second-order valence-electron chi connectivity index (χ2n) is 9.93. The summed E-state index contributed by atoms with van der Waals surface area (Å²) in [5.41, 5.74) is 0.0236. The molecule has 0 bridgehead atoms. The molecule has 5 N–H and O–H groups in total. The van der Waals surface area contributed by atoms with Crippen molar-refractivity contribution in [1.29, 1.82) is 0 Å². The van der Waals surface area contributed by atoms with Crippen molar-refractivity contribution in [1.82, 2.24) is 14.9 Å². The van der Waals surface area contributed by atoms with Crippen molar-refractivity contribution in [2.45, 2.75) is 50.4 Å². The number of piperidine rings is 1. The largest absolute Gasteiger partial charge is 0.481 e. The van der Waals surface area contributed by atoms with Crippen LogP contribution in [0.3, 0.4) is 0 Å². The molecule has 2 aromatic carbocycles. The lowest BCUT2D eigenvalue weighted by Gasteiger charge is -2.38. The molecule has 218 valence electrons. The van der Waals surface area contributed by atoms with Gasteiger partial charge < -0.3 is 30.3 Å². The molecule has 12 heteroatoms. The van der Waals surface area contributed by atoms with Gasteiger partial charge in [0.05, 0.1) is 18.4 Å². The summed E-state index contributed by atoms with van der Waals surface area (Å²) in [4.78, 5) is 41.0. The van der Waals surface area contributed by atoms with E-state index in [1.807, 2.05) is 12.1 Å².